The van der Waals surface area contributed by atoms with Crippen LogP contribution in [0.25, 0.3) is 21.7 Å². The van der Waals surface area contributed by atoms with E-state index in [4.69, 9.17) is 9.72 Å². The average molecular weight is 792 g/mol. The summed E-state index contributed by atoms with van der Waals surface area (Å²) in [5.74, 6) is 1.44. The van der Waals surface area contributed by atoms with Crippen LogP contribution < -0.4 is 10.3 Å². The van der Waals surface area contributed by atoms with Gasteiger partial charge in [-0.1, -0.05) is 79.2 Å². The van der Waals surface area contributed by atoms with Crippen molar-refractivity contribution >= 4 is 89.0 Å². The van der Waals surface area contributed by atoms with Gasteiger partial charge in [0.15, 0.2) is 0 Å². The molecule has 0 saturated carbocycles. The molecule has 0 unspecified atom stereocenters. The van der Waals surface area contributed by atoms with E-state index in [-0.39, 0.29) is 11.0 Å². The van der Waals surface area contributed by atoms with Gasteiger partial charge in [-0.05, 0) is 97.4 Å². The third kappa shape index (κ3) is 5.67. The first kappa shape index (κ1) is 27.3. The normalized spacial score (nSPS) is 12.1. The van der Waals surface area contributed by atoms with Crippen molar-refractivity contribution in [2.24, 2.45) is 5.10 Å². The second kappa shape index (κ2) is 11.1. The number of hydrogen-bond acceptors (Lipinski definition) is 4. The summed E-state index contributed by atoms with van der Waals surface area (Å²) in [5.41, 5.74) is 2.10. The Morgan fingerprint density at radius 2 is 1.68 bits per heavy atom. The standard InChI is InChI=1S/C30H24BrI2N3O2/c1-30(2,3)29-35-26-12-11-21(31)15-23(26)28(37)36(29)34-16-18-13-24(32)27(25(33)14-18)38-17-20-9-6-8-19-7-4-5-10-22(19)20/h4-16H,17H2,1-3H3. The monoisotopic (exact) mass is 791 g/mol. The highest BCUT2D eigenvalue weighted by molar-refractivity contribution is 14.1. The van der Waals surface area contributed by atoms with Crippen LogP contribution in [0.3, 0.4) is 0 Å². The van der Waals surface area contributed by atoms with Gasteiger partial charge in [0, 0.05) is 9.89 Å². The van der Waals surface area contributed by atoms with Gasteiger partial charge in [-0.25, -0.2) is 4.98 Å². The largest absolute Gasteiger partial charge is 0.487 e. The summed E-state index contributed by atoms with van der Waals surface area (Å²) < 4.78 is 10.5. The summed E-state index contributed by atoms with van der Waals surface area (Å²) in [4.78, 5) is 18.2. The second-order valence-electron chi connectivity index (χ2n) is 9.95. The van der Waals surface area contributed by atoms with Gasteiger partial charge in [0.1, 0.15) is 18.2 Å². The van der Waals surface area contributed by atoms with E-state index in [1.54, 1.807) is 12.3 Å². The van der Waals surface area contributed by atoms with Gasteiger partial charge >= 0.3 is 0 Å². The van der Waals surface area contributed by atoms with E-state index < -0.39 is 0 Å². The van der Waals surface area contributed by atoms with Gasteiger partial charge in [0.25, 0.3) is 5.56 Å². The maximum Gasteiger partial charge on any atom is 0.282 e. The molecule has 0 spiro atoms. The van der Waals surface area contributed by atoms with Crippen molar-refractivity contribution in [3.63, 3.8) is 0 Å². The summed E-state index contributed by atoms with van der Waals surface area (Å²) in [5, 5.41) is 7.53. The van der Waals surface area contributed by atoms with Crippen LogP contribution in [0, 0.1) is 7.14 Å². The Kier molecular flexibility index (Phi) is 7.93. The molecule has 0 amide bonds. The molecule has 5 nitrogen and oxygen atoms in total. The van der Waals surface area contributed by atoms with Crippen molar-refractivity contribution in [3.05, 3.63) is 112 Å². The van der Waals surface area contributed by atoms with Gasteiger partial charge in [0.05, 0.1) is 24.3 Å². The molecule has 0 aliphatic heterocycles. The third-order valence-electron chi connectivity index (χ3n) is 6.07. The summed E-state index contributed by atoms with van der Waals surface area (Å²) >= 11 is 8.04. The van der Waals surface area contributed by atoms with Crippen LogP contribution in [-0.4, -0.2) is 15.9 Å². The lowest BCUT2D eigenvalue weighted by atomic mass is 9.95. The number of fused-ring (bicyclic) bond motifs is 2. The minimum absolute atomic E-state index is 0.197. The molecule has 4 aromatic carbocycles. The third-order valence-corrected chi connectivity index (χ3v) is 8.17. The molecule has 0 N–H and O–H groups in total. The van der Waals surface area contributed by atoms with E-state index in [0.717, 1.165) is 28.5 Å². The van der Waals surface area contributed by atoms with Crippen LogP contribution in [0.5, 0.6) is 5.75 Å². The maximum absolute atomic E-state index is 13.4. The van der Waals surface area contributed by atoms with Crippen molar-refractivity contribution in [1.82, 2.24) is 9.66 Å². The Balaban J connectivity index is 1.47. The van der Waals surface area contributed by atoms with Gasteiger partial charge in [-0.15, -0.1) is 0 Å². The molecule has 192 valence electrons. The molecule has 0 bridgehead atoms. The fourth-order valence-corrected chi connectivity index (χ4v) is 6.71. The zero-order valence-electron chi connectivity index (χ0n) is 21.0. The number of halogens is 3. The highest BCUT2D eigenvalue weighted by Crippen LogP contribution is 2.30. The van der Waals surface area contributed by atoms with E-state index in [1.165, 1.54) is 15.4 Å². The second-order valence-corrected chi connectivity index (χ2v) is 13.2. The molecule has 5 aromatic rings. The molecular weight excluding hydrogens is 768 g/mol. The predicted octanol–water partition coefficient (Wildman–Crippen LogP) is 8.28. The van der Waals surface area contributed by atoms with Crippen LogP contribution >= 0.6 is 61.1 Å². The summed E-state index contributed by atoms with van der Waals surface area (Å²) in [6, 6.07) is 24.2. The number of nitrogens with zero attached hydrogens (tertiary/aromatic N) is 3. The Morgan fingerprint density at radius 3 is 2.42 bits per heavy atom. The lowest BCUT2D eigenvalue weighted by molar-refractivity contribution is 0.303. The SMILES string of the molecule is CC(C)(C)c1nc2ccc(Br)cc2c(=O)n1N=Cc1cc(I)c(OCc2cccc3ccccc23)c(I)c1. The summed E-state index contributed by atoms with van der Waals surface area (Å²) in [6.45, 7) is 6.56. The van der Waals surface area contributed by atoms with Crippen LogP contribution in [0.15, 0.2) is 87.2 Å². The molecule has 0 aliphatic rings. The molecular formula is C30H24BrI2N3O2. The van der Waals surface area contributed by atoms with Crippen LogP contribution in [0.4, 0.5) is 0 Å². The highest BCUT2D eigenvalue weighted by atomic mass is 127. The zero-order valence-corrected chi connectivity index (χ0v) is 26.9. The molecule has 5 rings (SSSR count). The first-order chi connectivity index (χ1) is 18.1. The van der Waals surface area contributed by atoms with E-state index in [2.05, 4.69) is 96.5 Å². The Bertz CT molecular complexity index is 1750. The van der Waals surface area contributed by atoms with E-state index in [0.29, 0.717) is 23.3 Å². The number of ether oxygens (including phenoxy) is 1. The quantitative estimate of drug-likeness (QED) is 0.133. The molecule has 0 fully saturated rings. The number of hydrogen-bond donors (Lipinski definition) is 0. The van der Waals surface area contributed by atoms with Crippen molar-refractivity contribution in [1.29, 1.82) is 0 Å². The van der Waals surface area contributed by atoms with E-state index >= 15 is 0 Å². The van der Waals surface area contributed by atoms with Crippen molar-refractivity contribution in [3.8, 4) is 5.75 Å². The maximum atomic E-state index is 13.4. The molecule has 0 radical (unpaired) electrons. The first-order valence-corrected chi connectivity index (χ1v) is 14.9. The van der Waals surface area contributed by atoms with Crippen LogP contribution in [0.1, 0.15) is 37.7 Å². The van der Waals surface area contributed by atoms with Gasteiger partial charge in [-0.2, -0.15) is 9.78 Å². The topological polar surface area (TPSA) is 56.5 Å². The minimum atomic E-state index is -0.375. The Morgan fingerprint density at radius 1 is 0.974 bits per heavy atom. The van der Waals surface area contributed by atoms with Crippen molar-refractivity contribution in [2.75, 3.05) is 0 Å². The zero-order chi connectivity index (χ0) is 27.0. The molecule has 8 heteroatoms. The number of rotatable bonds is 5. The fourth-order valence-electron chi connectivity index (χ4n) is 4.23. The average Bonchev–Trinajstić information content (AvgIpc) is 2.87. The Hall–Kier alpha value is -2.31. The first-order valence-electron chi connectivity index (χ1n) is 12.0. The minimum Gasteiger partial charge on any atom is -0.487 e. The molecule has 0 atom stereocenters. The smallest absolute Gasteiger partial charge is 0.282 e. The fraction of sp³-hybridized carbons (Fsp3) is 0.167. The van der Waals surface area contributed by atoms with E-state index in [1.807, 2.05) is 57.2 Å². The van der Waals surface area contributed by atoms with Crippen molar-refractivity contribution in [2.45, 2.75) is 32.8 Å². The Labute approximate surface area is 256 Å². The van der Waals surface area contributed by atoms with E-state index in [9.17, 15) is 4.79 Å². The van der Waals surface area contributed by atoms with Gasteiger partial charge < -0.3 is 4.74 Å². The van der Waals surface area contributed by atoms with Gasteiger partial charge in [0.2, 0.25) is 0 Å². The van der Waals surface area contributed by atoms with Crippen LogP contribution in [-0.2, 0) is 12.0 Å². The van der Waals surface area contributed by atoms with Crippen molar-refractivity contribution < 1.29 is 4.74 Å². The molecule has 1 aromatic heterocycles. The predicted molar refractivity (Wildman–Crippen MR) is 176 cm³/mol. The lowest BCUT2D eigenvalue weighted by Crippen LogP contribution is -2.29. The molecule has 38 heavy (non-hydrogen) atoms. The summed E-state index contributed by atoms with van der Waals surface area (Å²) in [7, 11) is 0. The molecule has 0 saturated heterocycles. The summed E-state index contributed by atoms with van der Waals surface area (Å²) in [6.07, 6.45) is 1.71. The molecule has 0 aliphatic carbocycles. The number of aromatic nitrogens is 2. The lowest BCUT2D eigenvalue weighted by Gasteiger charge is -2.21. The van der Waals surface area contributed by atoms with Crippen LogP contribution in [0.2, 0.25) is 0 Å². The van der Waals surface area contributed by atoms with Gasteiger partial charge in [-0.3, -0.25) is 4.79 Å². The number of benzene rings is 4. The molecule has 1 heterocycles. The highest BCUT2D eigenvalue weighted by Gasteiger charge is 2.23.